The molecule has 1 fully saturated rings. The predicted molar refractivity (Wildman–Crippen MR) is 61.8 cm³/mol. The third-order valence-electron chi connectivity index (χ3n) is 3.75. The number of Topliss-reactive ketones (excluding diaryl/α,β-unsaturated/α-hetero) is 1. The number of carbonyl (C=O) groups excluding carboxylic acids is 1. The molecular weight excluding hydrogens is 188 g/mol. The first-order chi connectivity index (χ1) is 7.15. The van der Waals surface area contributed by atoms with E-state index < -0.39 is 0 Å². The first-order valence-corrected chi connectivity index (χ1v) is 6.24. The SMILES string of the molecule is CCC(=O)COCC1C(C)CCCC1C. The van der Waals surface area contributed by atoms with E-state index in [2.05, 4.69) is 13.8 Å². The molecule has 0 N–H and O–H groups in total. The molecule has 0 amide bonds. The van der Waals surface area contributed by atoms with E-state index in [0.29, 0.717) is 18.9 Å². The maximum absolute atomic E-state index is 11.1. The Balaban J connectivity index is 2.26. The minimum absolute atomic E-state index is 0.214. The standard InChI is InChI=1S/C13H24O2/c1-4-12(14)8-15-9-13-10(2)6-5-7-11(13)3/h10-11,13H,4-9H2,1-3H3. The summed E-state index contributed by atoms with van der Waals surface area (Å²) in [4.78, 5) is 11.1. The molecule has 0 heterocycles. The molecule has 2 nitrogen and oxygen atoms in total. The van der Waals surface area contributed by atoms with Gasteiger partial charge < -0.3 is 4.74 Å². The molecule has 1 rings (SSSR count). The molecule has 0 bridgehead atoms. The average Bonchev–Trinajstić information content (AvgIpc) is 2.22. The van der Waals surface area contributed by atoms with Crippen LogP contribution in [0.1, 0.15) is 46.5 Å². The van der Waals surface area contributed by atoms with Crippen molar-refractivity contribution in [2.45, 2.75) is 46.5 Å². The summed E-state index contributed by atoms with van der Waals surface area (Å²) in [7, 11) is 0. The zero-order valence-electron chi connectivity index (χ0n) is 10.3. The first-order valence-electron chi connectivity index (χ1n) is 6.24. The molecule has 0 aromatic heterocycles. The van der Waals surface area contributed by atoms with E-state index in [1.165, 1.54) is 19.3 Å². The van der Waals surface area contributed by atoms with Gasteiger partial charge in [-0.3, -0.25) is 4.79 Å². The highest BCUT2D eigenvalue weighted by molar-refractivity contribution is 5.79. The Bertz CT molecular complexity index is 191. The van der Waals surface area contributed by atoms with Crippen molar-refractivity contribution < 1.29 is 9.53 Å². The van der Waals surface area contributed by atoms with Crippen LogP contribution in [0.4, 0.5) is 0 Å². The zero-order valence-corrected chi connectivity index (χ0v) is 10.3. The quantitative estimate of drug-likeness (QED) is 0.700. The van der Waals surface area contributed by atoms with Crippen molar-refractivity contribution in [3.63, 3.8) is 0 Å². The Labute approximate surface area is 93.4 Å². The van der Waals surface area contributed by atoms with E-state index in [4.69, 9.17) is 4.74 Å². The van der Waals surface area contributed by atoms with Crippen molar-refractivity contribution in [3.8, 4) is 0 Å². The van der Waals surface area contributed by atoms with Crippen LogP contribution in [-0.2, 0) is 9.53 Å². The lowest BCUT2D eigenvalue weighted by atomic mass is 9.74. The molecule has 0 saturated heterocycles. The lowest BCUT2D eigenvalue weighted by Crippen LogP contribution is -2.29. The maximum atomic E-state index is 11.1. The van der Waals surface area contributed by atoms with Gasteiger partial charge in [-0.05, 0) is 17.8 Å². The summed E-state index contributed by atoms with van der Waals surface area (Å²) in [6, 6.07) is 0. The number of hydrogen-bond donors (Lipinski definition) is 0. The minimum Gasteiger partial charge on any atom is -0.373 e. The molecule has 1 saturated carbocycles. The summed E-state index contributed by atoms with van der Waals surface area (Å²) < 4.78 is 5.52. The van der Waals surface area contributed by atoms with Crippen LogP contribution in [0.25, 0.3) is 0 Å². The summed E-state index contributed by atoms with van der Waals surface area (Å²) in [5, 5.41) is 0. The van der Waals surface area contributed by atoms with Gasteiger partial charge in [0.15, 0.2) is 5.78 Å². The smallest absolute Gasteiger partial charge is 0.158 e. The second-order valence-corrected chi connectivity index (χ2v) is 4.96. The van der Waals surface area contributed by atoms with Gasteiger partial charge in [-0.2, -0.15) is 0 Å². The predicted octanol–water partition coefficient (Wildman–Crippen LogP) is 3.05. The number of carbonyl (C=O) groups is 1. The Morgan fingerprint density at radius 2 is 1.87 bits per heavy atom. The lowest BCUT2D eigenvalue weighted by molar-refractivity contribution is -0.124. The summed E-state index contributed by atoms with van der Waals surface area (Å²) in [5.74, 6) is 2.38. The average molecular weight is 212 g/mol. The number of rotatable bonds is 5. The van der Waals surface area contributed by atoms with Gasteiger partial charge in [-0.15, -0.1) is 0 Å². The second-order valence-electron chi connectivity index (χ2n) is 4.96. The van der Waals surface area contributed by atoms with Crippen LogP contribution in [0.5, 0.6) is 0 Å². The largest absolute Gasteiger partial charge is 0.373 e. The summed E-state index contributed by atoms with van der Waals surface area (Å²) in [6.45, 7) is 7.59. The van der Waals surface area contributed by atoms with Gasteiger partial charge in [-0.25, -0.2) is 0 Å². The van der Waals surface area contributed by atoms with E-state index in [1.807, 2.05) is 6.92 Å². The molecule has 1 aliphatic rings. The van der Waals surface area contributed by atoms with Crippen molar-refractivity contribution in [3.05, 3.63) is 0 Å². The lowest BCUT2D eigenvalue weighted by Gasteiger charge is -2.34. The molecule has 88 valence electrons. The highest BCUT2D eigenvalue weighted by Crippen LogP contribution is 2.34. The number of ether oxygens (including phenoxy) is 1. The summed E-state index contributed by atoms with van der Waals surface area (Å²) in [6.07, 6.45) is 4.59. The monoisotopic (exact) mass is 212 g/mol. The second kappa shape index (κ2) is 6.26. The van der Waals surface area contributed by atoms with Crippen LogP contribution in [0.3, 0.4) is 0 Å². The van der Waals surface area contributed by atoms with Gasteiger partial charge in [0.25, 0.3) is 0 Å². The van der Waals surface area contributed by atoms with Crippen molar-refractivity contribution in [1.82, 2.24) is 0 Å². The fraction of sp³-hybridized carbons (Fsp3) is 0.923. The van der Waals surface area contributed by atoms with Gasteiger partial charge in [0, 0.05) is 6.42 Å². The molecule has 0 aromatic rings. The minimum atomic E-state index is 0.214. The van der Waals surface area contributed by atoms with Crippen molar-refractivity contribution in [2.24, 2.45) is 17.8 Å². The Morgan fingerprint density at radius 3 is 2.40 bits per heavy atom. The molecule has 1 aliphatic carbocycles. The first kappa shape index (κ1) is 12.7. The normalized spacial score (nSPS) is 31.5. The number of hydrogen-bond acceptors (Lipinski definition) is 2. The molecule has 2 heteroatoms. The van der Waals surface area contributed by atoms with E-state index in [1.54, 1.807) is 0 Å². The molecule has 2 atom stereocenters. The van der Waals surface area contributed by atoms with Crippen LogP contribution in [0.2, 0.25) is 0 Å². The maximum Gasteiger partial charge on any atom is 0.158 e. The summed E-state index contributed by atoms with van der Waals surface area (Å²) >= 11 is 0. The summed E-state index contributed by atoms with van der Waals surface area (Å²) in [5.41, 5.74) is 0. The fourth-order valence-corrected chi connectivity index (χ4v) is 2.49. The van der Waals surface area contributed by atoms with Gasteiger partial charge in [0.2, 0.25) is 0 Å². The molecule has 2 unspecified atom stereocenters. The van der Waals surface area contributed by atoms with E-state index in [9.17, 15) is 4.79 Å². The third-order valence-corrected chi connectivity index (χ3v) is 3.75. The molecule has 0 spiro atoms. The topological polar surface area (TPSA) is 26.3 Å². The fourth-order valence-electron chi connectivity index (χ4n) is 2.49. The van der Waals surface area contributed by atoms with E-state index >= 15 is 0 Å². The Morgan fingerprint density at radius 1 is 1.27 bits per heavy atom. The van der Waals surface area contributed by atoms with Gasteiger partial charge in [-0.1, -0.05) is 40.0 Å². The van der Waals surface area contributed by atoms with Crippen LogP contribution in [0.15, 0.2) is 0 Å². The van der Waals surface area contributed by atoms with Crippen LogP contribution >= 0.6 is 0 Å². The van der Waals surface area contributed by atoms with Crippen LogP contribution < -0.4 is 0 Å². The van der Waals surface area contributed by atoms with Crippen molar-refractivity contribution in [2.75, 3.05) is 13.2 Å². The molecule has 0 radical (unpaired) electrons. The molecule has 0 aromatic carbocycles. The molecular formula is C13H24O2. The Hall–Kier alpha value is -0.370. The third kappa shape index (κ3) is 3.94. The highest BCUT2D eigenvalue weighted by atomic mass is 16.5. The zero-order chi connectivity index (χ0) is 11.3. The van der Waals surface area contributed by atoms with Crippen LogP contribution in [-0.4, -0.2) is 19.0 Å². The molecule has 15 heavy (non-hydrogen) atoms. The van der Waals surface area contributed by atoms with Crippen molar-refractivity contribution >= 4 is 5.78 Å². The van der Waals surface area contributed by atoms with Gasteiger partial charge in [0.05, 0.1) is 6.61 Å². The Kier molecular flexibility index (Phi) is 5.30. The van der Waals surface area contributed by atoms with Gasteiger partial charge >= 0.3 is 0 Å². The number of ketones is 1. The van der Waals surface area contributed by atoms with E-state index in [-0.39, 0.29) is 5.78 Å². The van der Waals surface area contributed by atoms with Crippen LogP contribution in [0, 0.1) is 17.8 Å². The van der Waals surface area contributed by atoms with E-state index in [0.717, 1.165) is 18.4 Å². The van der Waals surface area contributed by atoms with Gasteiger partial charge in [0.1, 0.15) is 6.61 Å². The van der Waals surface area contributed by atoms with Crippen molar-refractivity contribution in [1.29, 1.82) is 0 Å². The molecule has 0 aliphatic heterocycles. The highest BCUT2D eigenvalue weighted by Gasteiger charge is 2.27.